The van der Waals surface area contributed by atoms with Crippen molar-refractivity contribution in [2.75, 3.05) is 0 Å². The monoisotopic (exact) mass is 459 g/mol. The number of aryl methyl sites for hydroxylation is 2. The predicted octanol–water partition coefficient (Wildman–Crippen LogP) is 4.20. The summed E-state index contributed by atoms with van der Waals surface area (Å²) >= 11 is 0. The summed E-state index contributed by atoms with van der Waals surface area (Å²) in [5.74, 6) is -0.989. The zero-order valence-electron chi connectivity index (χ0n) is 19.4. The molecule has 0 spiro atoms. The summed E-state index contributed by atoms with van der Waals surface area (Å²) < 4.78 is 1.44. The van der Waals surface area contributed by atoms with Crippen LogP contribution in [0.4, 0.5) is 0 Å². The van der Waals surface area contributed by atoms with Crippen LogP contribution in [-0.2, 0) is 9.59 Å². The maximum absolute atomic E-state index is 13.4. The van der Waals surface area contributed by atoms with Gasteiger partial charge in [-0.1, -0.05) is 37.1 Å². The van der Waals surface area contributed by atoms with E-state index in [-0.39, 0.29) is 17.9 Å². The summed E-state index contributed by atoms with van der Waals surface area (Å²) in [6, 6.07) is 11.3. The number of pyridine rings is 2. The normalized spacial score (nSPS) is 14.9. The number of rotatable bonds is 9. The number of nitrogens with zero attached hydrogens (tertiary/aromatic N) is 2. The highest BCUT2D eigenvalue weighted by molar-refractivity contribution is 5.82. The lowest BCUT2D eigenvalue weighted by atomic mass is 9.94. The zero-order chi connectivity index (χ0) is 24.2. The van der Waals surface area contributed by atoms with Gasteiger partial charge in [0.05, 0.1) is 12.5 Å². The number of amides is 1. The molecule has 2 aromatic heterocycles. The lowest BCUT2D eigenvalue weighted by Crippen LogP contribution is -2.39. The molecule has 0 radical (unpaired) electrons. The van der Waals surface area contributed by atoms with Crippen LogP contribution < -0.4 is 10.9 Å². The second-order valence-corrected chi connectivity index (χ2v) is 9.07. The van der Waals surface area contributed by atoms with Crippen molar-refractivity contribution >= 4 is 11.9 Å². The van der Waals surface area contributed by atoms with Gasteiger partial charge in [0.25, 0.3) is 5.56 Å². The van der Waals surface area contributed by atoms with Crippen LogP contribution in [0, 0.1) is 19.8 Å². The van der Waals surface area contributed by atoms with Crippen LogP contribution in [0.25, 0.3) is 11.1 Å². The van der Waals surface area contributed by atoms with E-state index in [4.69, 9.17) is 0 Å². The van der Waals surface area contributed by atoms with Gasteiger partial charge in [0.1, 0.15) is 6.04 Å². The van der Waals surface area contributed by atoms with E-state index in [0.29, 0.717) is 17.9 Å². The average molecular weight is 460 g/mol. The van der Waals surface area contributed by atoms with E-state index in [9.17, 15) is 19.5 Å². The summed E-state index contributed by atoms with van der Waals surface area (Å²) in [5, 5.41) is 12.5. The molecule has 2 unspecified atom stereocenters. The highest BCUT2D eigenvalue weighted by atomic mass is 16.4. The highest BCUT2D eigenvalue weighted by Crippen LogP contribution is 2.37. The molecule has 4 rings (SSSR count). The van der Waals surface area contributed by atoms with Crippen molar-refractivity contribution in [2.45, 2.75) is 51.6 Å². The predicted molar refractivity (Wildman–Crippen MR) is 129 cm³/mol. The number of nitrogens with one attached hydrogen (secondary N) is 1. The SMILES string of the molecule is Cc1cccc(C)c1-c1cncc(C(CC(=O)O)NC(=O)C(CC2CC2)n2ccccc2=O)c1. The zero-order valence-corrected chi connectivity index (χ0v) is 19.4. The van der Waals surface area contributed by atoms with Gasteiger partial charge in [-0.25, -0.2) is 0 Å². The van der Waals surface area contributed by atoms with Gasteiger partial charge in [0, 0.05) is 30.2 Å². The third kappa shape index (κ3) is 5.42. The molecule has 2 atom stereocenters. The number of aliphatic carboxylic acids is 1. The van der Waals surface area contributed by atoms with Crippen LogP contribution in [0.2, 0.25) is 0 Å². The molecule has 1 aromatic carbocycles. The van der Waals surface area contributed by atoms with Crippen molar-refractivity contribution in [3.63, 3.8) is 0 Å². The van der Waals surface area contributed by atoms with Crippen LogP contribution in [0.15, 0.2) is 65.8 Å². The number of hydrogen-bond acceptors (Lipinski definition) is 4. The van der Waals surface area contributed by atoms with Gasteiger partial charge in [-0.15, -0.1) is 0 Å². The Balaban J connectivity index is 1.66. The standard InChI is InChI=1S/C27H29N3O4/c1-17-6-5-7-18(2)26(17)21-13-20(15-28-16-21)22(14-25(32)33)29-27(34)23(12-19-9-10-19)30-11-4-3-8-24(30)31/h3-8,11,13,15-16,19,22-23H,9-10,12,14H2,1-2H3,(H,29,34)(H,32,33). The van der Waals surface area contributed by atoms with Gasteiger partial charge >= 0.3 is 5.97 Å². The Morgan fingerprint density at radius 2 is 1.85 bits per heavy atom. The first-order valence-corrected chi connectivity index (χ1v) is 11.5. The fourth-order valence-corrected chi connectivity index (χ4v) is 4.46. The van der Waals surface area contributed by atoms with Gasteiger partial charge < -0.3 is 15.0 Å². The molecule has 176 valence electrons. The molecule has 34 heavy (non-hydrogen) atoms. The van der Waals surface area contributed by atoms with E-state index in [1.807, 2.05) is 38.1 Å². The van der Waals surface area contributed by atoms with Crippen LogP contribution in [0.5, 0.6) is 0 Å². The molecular weight excluding hydrogens is 430 g/mol. The van der Waals surface area contributed by atoms with Crippen LogP contribution in [0.3, 0.4) is 0 Å². The third-order valence-corrected chi connectivity index (χ3v) is 6.37. The quantitative estimate of drug-likeness (QED) is 0.499. The van der Waals surface area contributed by atoms with E-state index in [1.54, 1.807) is 30.7 Å². The molecule has 1 amide bonds. The van der Waals surface area contributed by atoms with Crippen molar-refractivity contribution in [2.24, 2.45) is 5.92 Å². The number of benzene rings is 1. The number of carboxylic acids is 1. The van der Waals surface area contributed by atoms with Gasteiger partial charge in [0.15, 0.2) is 0 Å². The number of carboxylic acid groups (broad SMARTS) is 1. The first-order chi connectivity index (χ1) is 16.3. The molecule has 2 heterocycles. The molecule has 1 aliphatic carbocycles. The van der Waals surface area contributed by atoms with Crippen LogP contribution in [-0.4, -0.2) is 26.5 Å². The molecule has 7 heteroatoms. The Labute approximate surface area is 198 Å². The van der Waals surface area contributed by atoms with E-state index < -0.39 is 18.1 Å². The summed E-state index contributed by atoms with van der Waals surface area (Å²) in [6.45, 7) is 4.04. The van der Waals surface area contributed by atoms with E-state index >= 15 is 0 Å². The Morgan fingerprint density at radius 1 is 1.12 bits per heavy atom. The molecular formula is C27H29N3O4. The largest absolute Gasteiger partial charge is 0.481 e. The Kier molecular flexibility index (Phi) is 6.91. The lowest BCUT2D eigenvalue weighted by molar-refractivity contribution is -0.138. The Bertz CT molecular complexity index is 1240. The smallest absolute Gasteiger partial charge is 0.305 e. The summed E-state index contributed by atoms with van der Waals surface area (Å²) in [6.07, 6.45) is 7.29. The van der Waals surface area contributed by atoms with Gasteiger partial charge in [-0.3, -0.25) is 19.4 Å². The summed E-state index contributed by atoms with van der Waals surface area (Å²) in [4.78, 5) is 41.9. The van der Waals surface area contributed by atoms with Crippen molar-refractivity contribution in [3.8, 4) is 11.1 Å². The minimum Gasteiger partial charge on any atom is -0.481 e. The highest BCUT2D eigenvalue weighted by Gasteiger charge is 2.32. The molecule has 1 saturated carbocycles. The average Bonchev–Trinajstić information content (AvgIpc) is 3.62. The van der Waals surface area contributed by atoms with Crippen molar-refractivity contribution in [1.82, 2.24) is 14.9 Å². The molecule has 1 aliphatic rings. The number of hydrogen-bond donors (Lipinski definition) is 2. The summed E-state index contributed by atoms with van der Waals surface area (Å²) in [5.41, 5.74) is 4.45. The molecule has 1 fully saturated rings. The fraction of sp³-hybridized carbons (Fsp3) is 0.333. The molecule has 0 aliphatic heterocycles. The number of aromatic nitrogens is 2. The topological polar surface area (TPSA) is 101 Å². The van der Waals surface area contributed by atoms with Crippen molar-refractivity contribution < 1.29 is 14.7 Å². The third-order valence-electron chi connectivity index (χ3n) is 6.37. The molecule has 7 nitrogen and oxygen atoms in total. The number of carbonyl (C=O) groups is 2. The van der Waals surface area contributed by atoms with Crippen molar-refractivity contribution in [1.29, 1.82) is 0 Å². The Morgan fingerprint density at radius 3 is 2.50 bits per heavy atom. The molecule has 2 N–H and O–H groups in total. The number of carbonyl (C=O) groups excluding carboxylic acids is 1. The first-order valence-electron chi connectivity index (χ1n) is 11.5. The van der Waals surface area contributed by atoms with Gasteiger partial charge in [-0.05, 0) is 60.6 Å². The fourth-order valence-electron chi connectivity index (χ4n) is 4.46. The molecule has 3 aromatic rings. The molecule has 0 saturated heterocycles. The van der Waals surface area contributed by atoms with E-state index in [0.717, 1.165) is 35.1 Å². The Hall–Kier alpha value is -3.74. The maximum atomic E-state index is 13.4. The van der Waals surface area contributed by atoms with E-state index in [2.05, 4.69) is 10.3 Å². The minimum atomic E-state index is -1.03. The van der Waals surface area contributed by atoms with Crippen molar-refractivity contribution in [3.05, 3.63) is 88.1 Å². The molecule has 0 bridgehead atoms. The minimum absolute atomic E-state index is 0.253. The van der Waals surface area contributed by atoms with Gasteiger partial charge in [-0.2, -0.15) is 0 Å². The second kappa shape index (κ2) is 10.0. The summed E-state index contributed by atoms with van der Waals surface area (Å²) in [7, 11) is 0. The lowest BCUT2D eigenvalue weighted by Gasteiger charge is -2.24. The maximum Gasteiger partial charge on any atom is 0.305 e. The first kappa shape index (κ1) is 23.4. The van der Waals surface area contributed by atoms with Crippen LogP contribution in [0.1, 0.15) is 54.5 Å². The van der Waals surface area contributed by atoms with E-state index in [1.165, 1.54) is 10.6 Å². The van der Waals surface area contributed by atoms with Gasteiger partial charge in [0.2, 0.25) is 5.91 Å². The second-order valence-electron chi connectivity index (χ2n) is 9.07. The van der Waals surface area contributed by atoms with Crippen LogP contribution >= 0.6 is 0 Å².